The normalized spacial score (nSPS) is 14.6. The van der Waals surface area contributed by atoms with Crippen molar-refractivity contribution in [3.05, 3.63) is 40.4 Å². The molecule has 1 atom stereocenters. The van der Waals surface area contributed by atoms with Gasteiger partial charge in [-0.2, -0.15) is 0 Å². The minimum Gasteiger partial charge on any atom is -0.481 e. The van der Waals surface area contributed by atoms with Gasteiger partial charge < -0.3 is 4.74 Å². The highest BCUT2D eigenvalue weighted by atomic mass is 32.1. The second-order valence-electron chi connectivity index (χ2n) is 5.30. The van der Waals surface area contributed by atoms with E-state index in [4.69, 9.17) is 4.74 Å². The summed E-state index contributed by atoms with van der Waals surface area (Å²) in [5.74, 6) is 0.535. The van der Waals surface area contributed by atoms with E-state index < -0.39 is 6.10 Å². The molecule has 1 amide bonds. The molecule has 21 heavy (non-hydrogen) atoms. The number of rotatable bonds is 4. The van der Waals surface area contributed by atoms with E-state index in [0.29, 0.717) is 10.9 Å². The molecule has 1 N–H and O–H groups in total. The maximum Gasteiger partial charge on any atom is 0.266 e. The number of amides is 1. The van der Waals surface area contributed by atoms with Crippen LogP contribution in [-0.2, 0) is 17.6 Å². The number of aryl methyl sites for hydroxylation is 3. The Morgan fingerprint density at radius 2 is 2.10 bits per heavy atom. The third-order valence-electron chi connectivity index (χ3n) is 3.53. The largest absolute Gasteiger partial charge is 0.481 e. The number of thiazole rings is 1. The van der Waals surface area contributed by atoms with Crippen LogP contribution in [0, 0.1) is 6.92 Å². The first kappa shape index (κ1) is 14.1. The van der Waals surface area contributed by atoms with Crippen molar-refractivity contribution in [3.63, 3.8) is 0 Å². The highest BCUT2D eigenvalue weighted by Crippen LogP contribution is 2.30. The van der Waals surface area contributed by atoms with Gasteiger partial charge in [0.05, 0.1) is 5.69 Å². The number of hydrogen-bond acceptors (Lipinski definition) is 4. The number of fused-ring (bicyclic) bond motifs is 1. The molecule has 0 saturated carbocycles. The Kier molecular flexibility index (Phi) is 3.92. The van der Waals surface area contributed by atoms with Crippen LogP contribution in [0.15, 0.2) is 24.3 Å². The molecule has 1 aromatic heterocycles. The van der Waals surface area contributed by atoms with E-state index in [0.717, 1.165) is 24.1 Å². The predicted octanol–water partition coefficient (Wildman–Crippen LogP) is 3.35. The van der Waals surface area contributed by atoms with Crippen LogP contribution in [0.4, 0.5) is 5.13 Å². The van der Waals surface area contributed by atoms with Gasteiger partial charge in [0.25, 0.3) is 5.91 Å². The van der Waals surface area contributed by atoms with E-state index in [-0.39, 0.29) is 5.91 Å². The summed E-state index contributed by atoms with van der Waals surface area (Å²) < 4.78 is 5.65. The van der Waals surface area contributed by atoms with Crippen LogP contribution in [0.1, 0.15) is 29.5 Å². The fourth-order valence-corrected chi connectivity index (χ4v) is 3.38. The zero-order valence-corrected chi connectivity index (χ0v) is 13.0. The zero-order valence-electron chi connectivity index (χ0n) is 12.2. The van der Waals surface area contributed by atoms with Gasteiger partial charge in [0.1, 0.15) is 5.75 Å². The Morgan fingerprint density at radius 3 is 2.81 bits per heavy atom. The van der Waals surface area contributed by atoms with E-state index >= 15 is 0 Å². The van der Waals surface area contributed by atoms with Gasteiger partial charge in [0, 0.05) is 4.88 Å². The fourth-order valence-electron chi connectivity index (χ4n) is 2.33. The lowest BCUT2D eigenvalue weighted by Gasteiger charge is -2.13. The summed E-state index contributed by atoms with van der Waals surface area (Å²) in [5, 5.41) is 3.53. The van der Waals surface area contributed by atoms with E-state index in [1.54, 1.807) is 18.3 Å². The molecular formula is C16H18N2O2S. The lowest BCUT2D eigenvalue weighted by Crippen LogP contribution is -2.30. The number of hydrogen-bond donors (Lipinski definition) is 1. The van der Waals surface area contributed by atoms with Crippen LogP contribution in [0.25, 0.3) is 0 Å². The Hall–Kier alpha value is -1.88. The van der Waals surface area contributed by atoms with Gasteiger partial charge in [-0.3, -0.25) is 10.1 Å². The zero-order chi connectivity index (χ0) is 14.8. The molecule has 0 unspecified atom stereocenters. The highest BCUT2D eigenvalue weighted by Gasteiger charge is 2.20. The SMILES string of the molecule is Cc1ccc(O[C@H](C)C(=O)Nc2nc3c(s2)CCC3)cc1. The van der Waals surface area contributed by atoms with E-state index in [9.17, 15) is 4.79 Å². The molecule has 5 heteroatoms. The molecule has 0 bridgehead atoms. The number of aromatic nitrogens is 1. The molecule has 1 aliphatic carbocycles. The van der Waals surface area contributed by atoms with Gasteiger partial charge in [-0.1, -0.05) is 17.7 Å². The topological polar surface area (TPSA) is 51.2 Å². The molecular weight excluding hydrogens is 284 g/mol. The first-order valence-electron chi connectivity index (χ1n) is 7.14. The molecule has 0 aliphatic heterocycles. The molecule has 0 spiro atoms. The standard InChI is InChI=1S/C16H18N2O2S/c1-10-6-8-12(9-7-10)20-11(2)15(19)18-16-17-13-4-3-5-14(13)21-16/h6-9,11H,3-5H2,1-2H3,(H,17,18,19)/t11-/m1/s1. The van der Waals surface area contributed by atoms with E-state index in [2.05, 4.69) is 10.3 Å². The Labute approximate surface area is 128 Å². The maximum absolute atomic E-state index is 12.1. The summed E-state index contributed by atoms with van der Waals surface area (Å²) in [4.78, 5) is 17.9. The monoisotopic (exact) mass is 302 g/mol. The van der Waals surface area contributed by atoms with Crippen LogP contribution in [0.5, 0.6) is 5.75 Å². The minimum absolute atomic E-state index is 0.164. The molecule has 0 fully saturated rings. The van der Waals surface area contributed by atoms with Gasteiger partial charge in [0.2, 0.25) is 0 Å². The van der Waals surface area contributed by atoms with Crippen molar-refractivity contribution in [1.82, 2.24) is 4.98 Å². The number of anilines is 1. The number of nitrogens with one attached hydrogen (secondary N) is 1. The molecule has 1 aromatic carbocycles. The smallest absolute Gasteiger partial charge is 0.266 e. The van der Waals surface area contributed by atoms with Crippen LogP contribution >= 0.6 is 11.3 Å². The maximum atomic E-state index is 12.1. The van der Waals surface area contributed by atoms with Crippen LogP contribution in [-0.4, -0.2) is 17.0 Å². The van der Waals surface area contributed by atoms with E-state index in [1.807, 2.05) is 31.2 Å². The first-order valence-corrected chi connectivity index (χ1v) is 7.96. The molecule has 1 heterocycles. The Morgan fingerprint density at radius 1 is 1.33 bits per heavy atom. The summed E-state index contributed by atoms with van der Waals surface area (Å²) in [6.45, 7) is 3.76. The van der Waals surface area contributed by atoms with Crippen molar-refractivity contribution < 1.29 is 9.53 Å². The number of carbonyl (C=O) groups excluding carboxylic acids is 1. The average Bonchev–Trinajstić information content (AvgIpc) is 3.02. The Bertz CT molecular complexity index is 627. The summed E-state index contributed by atoms with van der Waals surface area (Å²) >= 11 is 1.58. The van der Waals surface area contributed by atoms with E-state index in [1.165, 1.54) is 11.3 Å². The minimum atomic E-state index is -0.550. The second-order valence-corrected chi connectivity index (χ2v) is 6.39. The van der Waals surface area contributed by atoms with Crippen LogP contribution < -0.4 is 10.1 Å². The molecule has 0 radical (unpaired) electrons. The number of ether oxygens (including phenoxy) is 1. The first-order chi connectivity index (χ1) is 10.1. The van der Waals surface area contributed by atoms with Gasteiger partial charge >= 0.3 is 0 Å². The molecule has 0 saturated heterocycles. The predicted molar refractivity (Wildman–Crippen MR) is 84.0 cm³/mol. The fraction of sp³-hybridized carbons (Fsp3) is 0.375. The van der Waals surface area contributed by atoms with Crippen molar-refractivity contribution in [3.8, 4) is 5.75 Å². The summed E-state index contributed by atoms with van der Waals surface area (Å²) in [5.41, 5.74) is 2.30. The second kappa shape index (κ2) is 5.85. The molecule has 3 rings (SSSR count). The summed E-state index contributed by atoms with van der Waals surface area (Å²) in [7, 11) is 0. The molecule has 4 nitrogen and oxygen atoms in total. The number of nitrogens with zero attached hydrogens (tertiary/aromatic N) is 1. The number of carbonyl (C=O) groups is 1. The summed E-state index contributed by atoms with van der Waals surface area (Å²) in [6, 6.07) is 7.67. The lowest BCUT2D eigenvalue weighted by molar-refractivity contribution is -0.122. The van der Waals surface area contributed by atoms with Gasteiger partial charge in [-0.15, -0.1) is 11.3 Å². The quantitative estimate of drug-likeness (QED) is 0.942. The van der Waals surface area contributed by atoms with Gasteiger partial charge in [0.15, 0.2) is 11.2 Å². The molecule has 1 aliphatic rings. The number of benzene rings is 1. The highest BCUT2D eigenvalue weighted by molar-refractivity contribution is 7.15. The third kappa shape index (κ3) is 3.24. The van der Waals surface area contributed by atoms with Gasteiger partial charge in [-0.05, 0) is 45.2 Å². The van der Waals surface area contributed by atoms with Crippen molar-refractivity contribution >= 4 is 22.4 Å². The van der Waals surface area contributed by atoms with Crippen LogP contribution in [0.3, 0.4) is 0 Å². The summed E-state index contributed by atoms with van der Waals surface area (Å²) in [6.07, 6.45) is 2.73. The van der Waals surface area contributed by atoms with Crippen molar-refractivity contribution in [1.29, 1.82) is 0 Å². The lowest BCUT2D eigenvalue weighted by atomic mass is 10.2. The molecule has 2 aromatic rings. The Balaban J connectivity index is 1.60. The molecule has 110 valence electrons. The van der Waals surface area contributed by atoms with Crippen LogP contribution in [0.2, 0.25) is 0 Å². The van der Waals surface area contributed by atoms with Crippen molar-refractivity contribution in [2.24, 2.45) is 0 Å². The average molecular weight is 302 g/mol. The van der Waals surface area contributed by atoms with Gasteiger partial charge in [-0.25, -0.2) is 4.98 Å². The van der Waals surface area contributed by atoms with Crippen molar-refractivity contribution in [2.45, 2.75) is 39.2 Å². The third-order valence-corrected chi connectivity index (χ3v) is 4.60. The van der Waals surface area contributed by atoms with Crippen molar-refractivity contribution in [2.75, 3.05) is 5.32 Å².